The SMILES string of the molecule is CNNC(=O)CC(N)C1CCCCC1. The van der Waals surface area contributed by atoms with Crippen molar-refractivity contribution in [2.24, 2.45) is 11.7 Å². The summed E-state index contributed by atoms with van der Waals surface area (Å²) in [5.41, 5.74) is 11.2. The Hall–Kier alpha value is -0.610. The van der Waals surface area contributed by atoms with Crippen LogP contribution in [-0.4, -0.2) is 19.0 Å². The fourth-order valence-corrected chi connectivity index (χ4v) is 2.13. The second kappa shape index (κ2) is 5.98. The van der Waals surface area contributed by atoms with Crippen LogP contribution < -0.4 is 16.6 Å². The summed E-state index contributed by atoms with van der Waals surface area (Å²) in [4.78, 5) is 11.2. The first-order chi connectivity index (χ1) is 6.74. The third-order valence-corrected chi connectivity index (χ3v) is 2.94. The fourth-order valence-electron chi connectivity index (χ4n) is 2.13. The molecule has 0 radical (unpaired) electrons. The molecule has 0 aromatic heterocycles. The number of hydrogen-bond acceptors (Lipinski definition) is 3. The van der Waals surface area contributed by atoms with Gasteiger partial charge in [0.2, 0.25) is 5.91 Å². The van der Waals surface area contributed by atoms with Gasteiger partial charge in [-0.1, -0.05) is 19.3 Å². The maximum Gasteiger partial charge on any atom is 0.235 e. The Kier molecular flexibility index (Phi) is 4.90. The molecule has 0 bridgehead atoms. The van der Waals surface area contributed by atoms with Gasteiger partial charge < -0.3 is 5.73 Å². The van der Waals surface area contributed by atoms with Crippen LogP contribution in [0.5, 0.6) is 0 Å². The molecule has 1 atom stereocenters. The van der Waals surface area contributed by atoms with E-state index >= 15 is 0 Å². The lowest BCUT2D eigenvalue weighted by molar-refractivity contribution is -0.122. The normalized spacial score (nSPS) is 20.4. The highest BCUT2D eigenvalue weighted by atomic mass is 16.2. The van der Waals surface area contributed by atoms with Crippen molar-refractivity contribution in [2.75, 3.05) is 7.05 Å². The molecule has 1 aliphatic carbocycles. The van der Waals surface area contributed by atoms with E-state index in [1.54, 1.807) is 7.05 Å². The second-order valence-electron chi connectivity index (χ2n) is 4.06. The number of nitrogens with one attached hydrogen (secondary N) is 2. The highest BCUT2D eigenvalue weighted by Gasteiger charge is 2.22. The van der Waals surface area contributed by atoms with Gasteiger partial charge in [0, 0.05) is 19.5 Å². The van der Waals surface area contributed by atoms with Gasteiger partial charge in [0.05, 0.1) is 0 Å². The summed E-state index contributed by atoms with van der Waals surface area (Å²) < 4.78 is 0. The molecule has 0 aromatic carbocycles. The van der Waals surface area contributed by atoms with Gasteiger partial charge in [0.1, 0.15) is 0 Å². The van der Waals surface area contributed by atoms with Gasteiger partial charge in [-0.3, -0.25) is 10.2 Å². The van der Waals surface area contributed by atoms with Crippen molar-refractivity contribution in [1.29, 1.82) is 0 Å². The fraction of sp³-hybridized carbons (Fsp3) is 0.900. The molecule has 0 spiro atoms. The second-order valence-corrected chi connectivity index (χ2v) is 4.06. The summed E-state index contributed by atoms with van der Waals surface area (Å²) in [5, 5.41) is 0. The minimum Gasteiger partial charge on any atom is -0.327 e. The van der Waals surface area contributed by atoms with E-state index in [-0.39, 0.29) is 11.9 Å². The Morgan fingerprint density at radius 2 is 2.07 bits per heavy atom. The third-order valence-electron chi connectivity index (χ3n) is 2.94. The smallest absolute Gasteiger partial charge is 0.235 e. The molecule has 14 heavy (non-hydrogen) atoms. The van der Waals surface area contributed by atoms with Crippen LogP contribution in [-0.2, 0) is 4.79 Å². The topological polar surface area (TPSA) is 67.1 Å². The predicted octanol–water partition coefficient (Wildman–Crippen LogP) is 0.535. The molecule has 4 N–H and O–H groups in total. The van der Waals surface area contributed by atoms with Crippen LogP contribution in [0.1, 0.15) is 38.5 Å². The lowest BCUT2D eigenvalue weighted by Gasteiger charge is -2.26. The van der Waals surface area contributed by atoms with Gasteiger partial charge in [-0.25, -0.2) is 5.43 Å². The van der Waals surface area contributed by atoms with Crippen molar-refractivity contribution in [2.45, 2.75) is 44.6 Å². The molecule has 0 aromatic rings. The zero-order valence-electron chi connectivity index (χ0n) is 8.88. The standard InChI is InChI=1S/C10H21N3O/c1-12-13-10(14)7-9(11)8-5-3-2-4-6-8/h8-9,12H,2-7,11H2,1H3,(H,13,14). The molecule has 1 rings (SSSR count). The molecule has 1 saturated carbocycles. The zero-order valence-corrected chi connectivity index (χ0v) is 8.88. The van der Waals surface area contributed by atoms with E-state index in [0.29, 0.717) is 12.3 Å². The van der Waals surface area contributed by atoms with E-state index in [1.165, 1.54) is 32.1 Å². The number of nitrogens with two attached hydrogens (primary N) is 1. The molecule has 0 aliphatic heterocycles. The number of carbonyl (C=O) groups is 1. The van der Waals surface area contributed by atoms with Gasteiger partial charge in [0.15, 0.2) is 0 Å². The highest BCUT2D eigenvalue weighted by Crippen LogP contribution is 2.26. The maximum atomic E-state index is 11.2. The van der Waals surface area contributed by atoms with Gasteiger partial charge in [0.25, 0.3) is 0 Å². The average Bonchev–Trinajstić information content (AvgIpc) is 2.19. The highest BCUT2D eigenvalue weighted by molar-refractivity contribution is 5.75. The van der Waals surface area contributed by atoms with Crippen LogP contribution in [0.2, 0.25) is 0 Å². The van der Waals surface area contributed by atoms with Crippen molar-refractivity contribution < 1.29 is 4.79 Å². The lowest BCUT2D eigenvalue weighted by Crippen LogP contribution is -2.41. The summed E-state index contributed by atoms with van der Waals surface area (Å²) in [6.07, 6.45) is 6.68. The van der Waals surface area contributed by atoms with Crippen LogP contribution in [0.25, 0.3) is 0 Å². The molecule has 0 heterocycles. The van der Waals surface area contributed by atoms with E-state index in [0.717, 1.165) is 0 Å². The van der Waals surface area contributed by atoms with Crippen molar-refractivity contribution in [3.05, 3.63) is 0 Å². The van der Waals surface area contributed by atoms with Crippen molar-refractivity contribution >= 4 is 5.91 Å². The van der Waals surface area contributed by atoms with E-state index in [9.17, 15) is 4.79 Å². The van der Waals surface area contributed by atoms with Gasteiger partial charge in [-0.15, -0.1) is 0 Å². The molecule has 1 amide bonds. The minimum atomic E-state index is -0.00873. The summed E-state index contributed by atoms with van der Waals surface area (Å²) in [6.45, 7) is 0. The van der Waals surface area contributed by atoms with Gasteiger partial charge >= 0.3 is 0 Å². The maximum absolute atomic E-state index is 11.2. The van der Waals surface area contributed by atoms with Crippen molar-refractivity contribution in [3.8, 4) is 0 Å². The monoisotopic (exact) mass is 199 g/mol. The first-order valence-electron chi connectivity index (χ1n) is 5.45. The molecule has 1 aliphatic rings. The average molecular weight is 199 g/mol. The molecule has 82 valence electrons. The number of carbonyl (C=O) groups excluding carboxylic acids is 1. The van der Waals surface area contributed by atoms with Crippen LogP contribution in [0, 0.1) is 5.92 Å². The summed E-state index contributed by atoms with van der Waals surface area (Å²) in [5.74, 6) is 0.539. The largest absolute Gasteiger partial charge is 0.327 e. The van der Waals surface area contributed by atoms with Crippen molar-refractivity contribution in [3.63, 3.8) is 0 Å². The van der Waals surface area contributed by atoms with E-state index < -0.39 is 0 Å². The van der Waals surface area contributed by atoms with Crippen molar-refractivity contribution in [1.82, 2.24) is 10.9 Å². The van der Waals surface area contributed by atoms with Gasteiger partial charge in [-0.2, -0.15) is 0 Å². The van der Waals surface area contributed by atoms with Crippen LogP contribution in [0.3, 0.4) is 0 Å². The van der Waals surface area contributed by atoms with Crippen LogP contribution in [0.4, 0.5) is 0 Å². The molecule has 1 unspecified atom stereocenters. The Labute approximate surface area is 85.6 Å². The van der Waals surface area contributed by atoms with E-state index in [4.69, 9.17) is 5.73 Å². The Bertz CT molecular complexity index is 178. The molecular formula is C10H21N3O. The summed E-state index contributed by atoms with van der Waals surface area (Å²) >= 11 is 0. The first-order valence-corrected chi connectivity index (χ1v) is 5.45. The molecule has 1 fully saturated rings. The Morgan fingerprint density at radius 3 is 2.64 bits per heavy atom. The lowest BCUT2D eigenvalue weighted by atomic mass is 9.83. The van der Waals surface area contributed by atoms with Crippen LogP contribution in [0.15, 0.2) is 0 Å². The van der Waals surface area contributed by atoms with E-state index in [2.05, 4.69) is 10.9 Å². The van der Waals surface area contributed by atoms with Gasteiger partial charge in [-0.05, 0) is 18.8 Å². The number of amides is 1. The summed E-state index contributed by atoms with van der Waals surface area (Å²) in [7, 11) is 1.68. The van der Waals surface area contributed by atoms with E-state index in [1.807, 2.05) is 0 Å². The number of hydrazine groups is 1. The Morgan fingerprint density at radius 1 is 1.43 bits per heavy atom. The zero-order chi connectivity index (χ0) is 10.4. The third kappa shape index (κ3) is 3.64. The molecule has 4 nitrogen and oxygen atoms in total. The number of rotatable bonds is 4. The molecular weight excluding hydrogens is 178 g/mol. The minimum absolute atomic E-state index is 0.00873. The first kappa shape index (κ1) is 11.5. The molecule has 4 heteroatoms. The quantitative estimate of drug-likeness (QED) is 0.579. The Balaban J connectivity index is 2.25. The summed E-state index contributed by atoms with van der Waals surface area (Å²) in [6, 6.07) is 0.0312. The van der Waals surface area contributed by atoms with Crippen LogP contribution >= 0.6 is 0 Å². The molecule has 0 saturated heterocycles. The predicted molar refractivity (Wildman–Crippen MR) is 56.4 cm³/mol. The number of hydrogen-bond donors (Lipinski definition) is 3.